The molecular formula is C26H30N6O2. The number of anilines is 2. The lowest BCUT2D eigenvalue weighted by Crippen LogP contribution is -2.45. The van der Waals surface area contributed by atoms with E-state index < -0.39 is 0 Å². The van der Waals surface area contributed by atoms with Crippen LogP contribution in [0.25, 0.3) is 11.0 Å². The molecule has 0 spiro atoms. The van der Waals surface area contributed by atoms with E-state index in [0.717, 1.165) is 80.5 Å². The van der Waals surface area contributed by atoms with E-state index in [1.807, 2.05) is 29.2 Å². The van der Waals surface area contributed by atoms with Crippen molar-refractivity contribution in [2.45, 2.75) is 6.04 Å². The fourth-order valence-electron chi connectivity index (χ4n) is 5.22. The summed E-state index contributed by atoms with van der Waals surface area (Å²) in [6.45, 7) is 7.17. The third-order valence-corrected chi connectivity index (χ3v) is 7.18. The molecule has 8 heteroatoms. The van der Waals surface area contributed by atoms with E-state index in [2.05, 4.69) is 56.0 Å². The highest BCUT2D eigenvalue weighted by molar-refractivity contribution is 6.06. The highest BCUT2D eigenvalue weighted by Gasteiger charge is 2.38. The quantitative estimate of drug-likeness (QED) is 0.648. The predicted octanol–water partition coefficient (Wildman–Crippen LogP) is 2.62. The van der Waals surface area contributed by atoms with Crippen molar-refractivity contribution in [3.8, 4) is 0 Å². The van der Waals surface area contributed by atoms with Crippen LogP contribution in [0.3, 0.4) is 0 Å². The zero-order chi connectivity index (χ0) is 23.1. The molecule has 2 saturated heterocycles. The number of carbonyl (C=O) groups excluding carboxylic acids is 1. The second kappa shape index (κ2) is 8.77. The van der Waals surface area contributed by atoms with Crippen LogP contribution in [0.1, 0.15) is 11.6 Å². The summed E-state index contributed by atoms with van der Waals surface area (Å²) in [5, 5.41) is 0. The monoisotopic (exact) mass is 458 g/mol. The van der Waals surface area contributed by atoms with Gasteiger partial charge in [-0.15, -0.1) is 0 Å². The number of amides is 1. The molecule has 3 aromatic rings. The molecule has 8 nitrogen and oxygen atoms in total. The summed E-state index contributed by atoms with van der Waals surface area (Å²) in [6, 6.07) is 14.6. The van der Waals surface area contributed by atoms with Gasteiger partial charge < -0.3 is 24.4 Å². The number of nitrogens with zero attached hydrogens (tertiary/aromatic N) is 5. The van der Waals surface area contributed by atoms with Crippen molar-refractivity contribution in [3.05, 3.63) is 66.1 Å². The summed E-state index contributed by atoms with van der Waals surface area (Å²) in [5.74, 6) is 0.0195. The van der Waals surface area contributed by atoms with Gasteiger partial charge in [0.1, 0.15) is 6.04 Å². The fraction of sp³-hybridized carbons (Fsp3) is 0.385. The SMILES string of the molecule is CN1CCN(C2=CC(=O)N(c3ccc4[nH]cnc4c3)C2c2ccc(N3CCOCC3)cc2)CC1. The molecule has 1 atom stereocenters. The van der Waals surface area contributed by atoms with Crippen LogP contribution in [0, 0.1) is 0 Å². The largest absolute Gasteiger partial charge is 0.378 e. The number of nitrogens with one attached hydrogen (secondary N) is 1. The number of carbonyl (C=O) groups is 1. The third-order valence-electron chi connectivity index (χ3n) is 7.18. The van der Waals surface area contributed by atoms with Crippen molar-refractivity contribution in [2.24, 2.45) is 0 Å². The Balaban J connectivity index is 1.37. The van der Waals surface area contributed by atoms with Crippen molar-refractivity contribution in [3.63, 3.8) is 0 Å². The van der Waals surface area contributed by atoms with Crippen LogP contribution in [-0.2, 0) is 9.53 Å². The Morgan fingerprint density at radius 3 is 2.41 bits per heavy atom. The van der Waals surface area contributed by atoms with Crippen LogP contribution < -0.4 is 9.80 Å². The van der Waals surface area contributed by atoms with Crippen LogP contribution in [0.5, 0.6) is 0 Å². The number of hydrogen-bond donors (Lipinski definition) is 1. The molecule has 0 saturated carbocycles. The number of H-pyrrole nitrogens is 1. The number of ether oxygens (including phenoxy) is 1. The molecule has 0 aliphatic carbocycles. The summed E-state index contributed by atoms with van der Waals surface area (Å²) in [5.41, 5.74) is 6.10. The van der Waals surface area contributed by atoms with Crippen LogP contribution in [0.2, 0.25) is 0 Å². The number of aromatic amines is 1. The topological polar surface area (TPSA) is 67.9 Å². The van der Waals surface area contributed by atoms with Crippen molar-refractivity contribution in [1.29, 1.82) is 0 Å². The lowest BCUT2D eigenvalue weighted by Gasteiger charge is -2.38. The summed E-state index contributed by atoms with van der Waals surface area (Å²) in [7, 11) is 2.15. The molecular weight excluding hydrogens is 428 g/mol. The first-order valence-electron chi connectivity index (χ1n) is 12.0. The maximum absolute atomic E-state index is 13.4. The molecule has 34 heavy (non-hydrogen) atoms. The second-order valence-electron chi connectivity index (χ2n) is 9.27. The number of piperazine rings is 1. The minimum Gasteiger partial charge on any atom is -0.378 e. The van der Waals surface area contributed by atoms with Gasteiger partial charge in [-0.2, -0.15) is 0 Å². The molecule has 1 N–H and O–H groups in total. The summed E-state index contributed by atoms with van der Waals surface area (Å²) in [6.07, 6.45) is 3.52. The molecule has 2 aromatic carbocycles. The molecule has 0 radical (unpaired) electrons. The van der Waals surface area contributed by atoms with Crippen molar-refractivity contribution in [2.75, 3.05) is 69.3 Å². The van der Waals surface area contributed by atoms with Gasteiger partial charge in [0, 0.05) is 62.4 Å². The number of benzene rings is 2. The third kappa shape index (κ3) is 3.82. The van der Waals surface area contributed by atoms with Gasteiger partial charge in [-0.1, -0.05) is 12.1 Å². The number of aromatic nitrogens is 2. The van der Waals surface area contributed by atoms with E-state index in [9.17, 15) is 4.79 Å². The van der Waals surface area contributed by atoms with Crippen LogP contribution >= 0.6 is 0 Å². The van der Waals surface area contributed by atoms with Gasteiger partial charge in [-0.3, -0.25) is 9.69 Å². The Kier molecular flexibility index (Phi) is 5.47. The van der Waals surface area contributed by atoms with Gasteiger partial charge in [-0.25, -0.2) is 4.98 Å². The van der Waals surface area contributed by atoms with E-state index in [4.69, 9.17) is 4.74 Å². The van der Waals surface area contributed by atoms with Crippen molar-refractivity contribution < 1.29 is 9.53 Å². The molecule has 3 aliphatic heterocycles. The van der Waals surface area contributed by atoms with Gasteiger partial charge in [0.15, 0.2) is 0 Å². The molecule has 176 valence electrons. The van der Waals surface area contributed by atoms with E-state index in [-0.39, 0.29) is 11.9 Å². The maximum Gasteiger partial charge on any atom is 0.253 e. The van der Waals surface area contributed by atoms with E-state index >= 15 is 0 Å². The number of imidazole rings is 1. The number of likely N-dealkylation sites (N-methyl/N-ethyl adjacent to an activating group) is 1. The summed E-state index contributed by atoms with van der Waals surface area (Å²) in [4.78, 5) is 30.0. The zero-order valence-corrected chi connectivity index (χ0v) is 19.5. The Bertz CT molecular complexity index is 1210. The first-order chi connectivity index (χ1) is 16.7. The van der Waals surface area contributed by atoms with Gasteiger partial charge >= 0.3 is 0 Å². The number of morpholine rings is 1. The smallest absolute Gasteiger partial charge is 0.253 e. The van der Waals surface area contributed by atoms with E-state index in [1.54, 1.807) is 6.33 Å². The first-order valence-corrected chi connectivity index (χ1v) is 12.0. The fourth-order valence-corrected chi connectivity index (χ4v) is 5.22. The Labute approximate surface area is 199 Å². The Hall–Kier alpha value is -3.36. The number of hydrogen-bond acceptors (Lipinski definition) is 6. The maximum atomic E-state index is 13.4. The lowest BCUT2D eigenvalue weighted by atomic mass is 10.0. The summed E-state index contributed by atoms with van der Waals surface area (Å²) < 4.78 is 5.50. The van der Waals surface area contributed by atoms with Crippen LogP contribution in [0.4, 0.5) is 11.4 Å². The lowest BCUT2D eigenvalue weighted by molar-refractivity contribution is -0.113. The molecule has 6 rings (SSSR count). The standard InChI is InChI=1S/C26H30N6O2/c1-29-8-10-31(11-9-29)24-17-25(33)32(21-6-7-22-23(16-21)28-18-27-22)26(24)19-2-4-20(5-3-19)30-12-14-34-15-13-30/h2-7,16-18,26H,8-15H2,1H3,(H,27,28). The Morgan fingerprint density at radius 2 is 1.65 bits per heavy atom. The molecule has 2 fully saturated rings. The van der Waals surface area contributed by atoms with Crippen molar-refractivity contribution >= 4 is 28.3 Å². The van der Waals surface area contributed by atoms with Crippen molar-refractivity contribution in [1.82, 2.24) is 19.8 Å². The predicted molar refractivity (Wildman–Crippen MR) is 133 cm³/mol. The average Bonchev–Trinajstić information content (AvgIpc) is 3.49. The molecule has 1 amide bonds. The highest BCUT2D eigenvalue weighted by atomic mass is 16.5. The molecule has 0 bridgehead atoms. The van der Waals surface area contributed by atoms with Crippen LogP contribution in [-0.4, -0.2) is 85.2 Å². The summed E-state index contributed by atoms with van der Waals surface area (Å²) >= 11 is 0. The van der Waals surface area contributed by atoms with E-state index in [0.29, 0.717) is 0 Å². The van der Waals surface area contributed by atoms with Gasteiger partial charge in [0.05, 0.1) is 30.6 Å². The number of fused-ring (bicyclic) bond motifs is 1. The van der Waals surface area contributed by atoms with E-state index in [1.165, 1.54) is 5.69 Å². The zero-order valence-electron chi connectivity index (χ0n) is 19.5. The highest BCUT2D eigenvalue weighted by Crippen LogP contribution is 2.40. The van der Waals surface area contributed by atoms with Gasteiger partial charge in [0.25, 0.3) is 5.91 Å². The molecule has 3 aliphatic rings. The average molecular weight is 459 g/mol. The van der Waals surface area contributed by atoms with Gasteiger partial charge in [-0.05, 0) is 42.9 Å². The molecule has 1 unspecified atom stereocenters. The minimum atomic E-state index is -0.161. The van der Waals surface area contributed by atoms with Gasteiger partial charge in [0.2, 0.25) is 0 Å². The molecule has 1 aromatic heterocycles. The number of rotatable bonds is 4. The van der Waals surface area contributed by atoms with Crippen LogP contribution in [0.15, 0.2) is 60.6 Å². The molecule has 4 heterocycles. The first kappa shape index (κ1) is 21.2. The second-order valence-corrected chi connectivity index (χ2v) is 9.27. The Morgan fingerprint density at radius 1 is 0.912 bits per heavy atom. The normalized spacial score (nSPS) is 22.0. The minimum absolute atomic E-state index is 0.0195.